The number of hydrogen-bond donors (Lipinski definition) is 1. The molecule has 0 saturated heterocycles. The molecule has 1 atom stereocenters. The minimum atomic E-state index is -3.59. The van der Waals surface area contributed by atoms with Crippen molar-refractivity contribution in [3.8, 4) is 0 Å². The largest absolute Gasteiger partial charge is 0.377 e. The first-order chi connectivity index (χ1) is 13.0. The Morgan fingerprint density at radius 3 is 2.29 bits per heavy atom. The first-order valence-corrected chi connectivity index (χ1v) is 13.2. The molecule has 0 aliphatic heterocycles. The van der Waals surface area contributed by atoms with Crippen LogP contribution in [-0.2, 0) is 26.1 Å². The van der Waals surface area contributed by atoms with Crippen molar-refractivity contribution >= 4 is 25.4 Å². The van der Waals surface area contributed by atoms with Crippen molar-refractivity contribution in [3.63, 3.8) is 0 Å². The van der Waals surface area contributed by atoms with Gasteiger partial charge in [0.15, 0.2) is 19.7 Å². The van der Waals surface area contributed by atoms with E-state index < -0.39 is 19.7 Å². The molecule has 0 unspecified atom stereocenters. The lowest BCUT2D eigenvalue weighted by molar-refractivity contribution is 0.592. The molecular formula is C21H27NO4S2. The van der Waals surface area contributed by atoms with Crippen LogP contribution in [0.2, 0.25) is 0 Å². The summed E-state index contributed by atoms with van der Waals surface area (Å²) in [6.07, 6.45) is 5.10. The van der Waals surface area contributed by atoms with Crippen LogP contribution in [0.4, 0.5) is 5.69 Å². The average Bonchev–Trinajstić information content (AvgIpc) is 2.60. The highest BCUT2D eigenvalue weighted by atomic mass is 32.2. The van der Waals surface area contributed by atoms with E-state index in [1.165, 1.54) is 28.8 Å². The van der Waals surface area contributed by atoms with Gasteiger partial charge in [-0.25, -0.2) is 16.8 Å². The monoisotopic (exact) mass is 421 g/mol. The molecule has 2 aromatic carbocycles. The third kappa shape index (κ3) is 4.41. The Kier molecular flexibility index (Phi) is 5.60. The van der Waals surface area contributed by atoms with Crippen LogP contribution in [0.15, 0.2) is 46.2 Å². The fourth-order valence-corrected chi connectivity index (χ4v) is 5.26. The van der Waals surface area contributed by atoms with Gasteiger partial charge in [-0.1, -0.05) is 32.0 Å². The average molecular weight is 422 g/mol. The van der Waals surface area contributed by atoms with Crippen LogP contribution >= 0.6 is 0 Å². The number of benzene rings is 2. The van der Waals surface area contributed by atoms with Crippen LogP contribution < -0.4 is 5.32 Å². The van der Waals surface area contributed by atoms with Gasteiger partial charge in [-0.2, -0.15) is 0 Å². The number of anilines is 1. The van der Waals surface area contributed by atoms with Gasteiger partial charge in [0.2, 0.25) is 0 Å². The summed E-state index contributed by atoms with van der Waals surface area (Å²) >= 11 is 0. The Morgan fingerprint density at radius 1 is 0.964 bits per heavy atom. The fraction of sp³-hybridized carbons (Fsp3) is 0.429. The molecule has 1 N–H and O–H groups in total. The number of fused-ring (bicyclic) bond motifs is 1. The SMILES string of the molecule is CC(C)c1ccc2c(c1)[C@H](Nc1ccc(S(C)(=O)=O)cc1S(C)(=O)=O)CCC2. The smallest absolute Gasteiger partial charge is 0.177 e. The lowest BCUT2D eigenvalue weighted by atomic mass is 9.85. The van der Waals surface area contributed by atoms with E-state index in [0.717, 1.165) is 31.8 Å². The molecule has 5 nitrogen and oxygen atoms in total. The van der Waals surface area contributed by atoms with Gasteiger partial charge < -0.3 is 5.32 Å². The van der Waals surface area contributed by atoms with E-state index in [2.05, 4.69) is 37.4 Å². The van der Waals surface area contributed by atoms with E-state index in [4.69, 9.17) is 0 Å². The van der Waals surface area contributed by atoms with E-state index in [-0.39, 0.29) is 15.8 Å². The molecule has 2 aromatic rings. The van der Waals surface area contributed by atoms with Gasteiger partial charge in [-0.05, 0) is 60.1 Å². The third-order valence-corrected chi connectivity index (χ3v) is 7.51. The van der Waals surface area contributed by atoms with E-state index in [0.29, 0.717) is 11.6 Å². The summed E-state index contributed by atoms with van der Waals surface area (Å²) in [5, 5.41) is 3.38. The first-order valence-electron chi connectivity index (χ1n) is 9.40. The molecule has 0 saturated carbocycles. The Balaban J connectivity index is 2.05. The topological polar surface area (TPSA) is 80.3 Å². The highest BCUT2D eigenvalue weighted by Crippen LogP contribution is 2.36. The molecule has 1 aliphatic rings. The zero-order valence-electron chi connectivity index (χ0n) is 16.7. The van der Waals surface area contributed by atoms with Crippen molar-refractivity contribution < 1.29 is 16.8 Å². The first kappa shape index (κ1) is 20.9. The van der Waals surface area contributed by atoms with Gasteiger partial charge in [0.25, 0.3) is 0 Å². The number of nitrogens with one attached hydrogen (secondary N) is 1. The maximum Gasteiger partial charge on any atom is 0.177 e. The van der Waals surface area contributed by atoms with E-state index >= 15 is 0 Å². The second-order valence-electron chi connectivity index (χ2n) is 7.90. The predicted octanol–water partition coefficient (Wildman–Crippen LogP) is 4.11. The lowest BCUT2D eigenvalue weighted by Gasteiger charge is -2.29. The van der Waals surface area contributed by atoms with E-state index in [1.54, 1.807) is 6.07 Å². The van der Waals surface area contributed by atoms with Crippen LogP contribution in [0.5, 0.6) is 0 Å². The van der Waals surface area contributed by atoms with Crippen LogP contribution in [0.25, 0.3) is 0 Å². The molecular weight excluding hydrogens is 394 g/mol. The summed E-state index contributed by atoms with van der Waals surface area (Å²) in [5.41, 5.74) is 4.18. The van der Waals surface area contributed by atoms with Crippen molar-refractivity contribution in [2.24, 2.45) is 0 Å². The van der Waals surface area contributed by atoms with Crippen molar-refractivity contribution in [2.45, 2.75) is 54.9 Å². The molecule has 0 aromatic heterocycles. The lowest BCUT2D eigenvalue weighted by Crippen LogP contribution is -2.19. The molecule has 0 heterocycles. The molecule has 0 bridgehead atoms. The van der Waals surface area contributed by atoms with Crippen molar-refractivity contribution in [3.05, 3.63) is 53.1 Å². The van der Waals surface area contributed by atoms with Gasteiger partial charge in [0.05, 0.1) is 21.5 Å². The maximum atomic E-state index is 12.3. The Bertz CT molecular complexity index is 1100. The molecule has 1 aliphatic carbocycles. The quantitative estimate of drug-likeness (QED) is 0.786. The van der Waals surface area contributed by atoms with Crippen molar-refractivity contribution in [1.82, 2.24) is 0 Å². The van der Waals surface area contributed by atoms with Gasteiger partial charge in [0.1, 0.15) is 0 Å². The van der Waals surface area contributed by atoms with Crippen LogP contribution in [-0.4, -0.2) is 29.3 Å². The minimum absolute atomic E-state index is 0.00427. The Morgan fingerprint density at radius 2 is 1.68 bits per heavy atom. The highest BCUT2D eigenvalue weighted by Gasteiger charge is 2.24. The molecule has 152 valence electrons. The zero-order chi connectivity index (χ0) is 20.7. The normalized spacial score (nSPS) is 17.4. The van der Waals surface area contributed by atoms with Gasteiger partial charge in [-0.3, -0.25) is 0 Å². The summed E-state index contributed by atoms with van der Waals surface area (Å²) in [6.45, 7) is 4.30. The van der Waals surface area contributed by atoms with Crippen LogP contribution in [0.3, 0.4) is 0 Å². The molecule has 0 radical (unpaired) electrons. The number of sulfone groups is 2. The molecule has 3 rings (SSSR count). The molecule has 28 heavy (non-hydrogen) atoms. The highest BCUT2D eigenvalue weighted by molar-refractivity contribution is 7.91. The third-order valence-electron chi connectivity index (χ3n) is 5.26. The summed E-state index contributed by atoms with van der Waals surface area (Å²) < 4.78 is 48.4. The number of rotatable bonds is 5. The zero-order valence-corrected chi connectivity index (χ0v) is 18.3. The number of aryl methyl sites for hydroxylation is 1. The summed E-state index contributed by atoms with van der Waals surface area (Å²) in [7, 11) is -7.08. The van der Waals surface area contributed by atoms with Gasteiger partial charge in [0, 0.05) is 12.5 Å². The van der Waals surface area contributed by atoms with E-state index in [9.17, 15) is 16.8 Å². The van der Waals surface area contributed by atoms with Gasteiger partial charge in [-0.15, -0.1) is 0 Å². The molecule has 0 fully saturated rings. The fourth-order valence-electron chi connectivity index (χ4n) is 3.67. The summed E-state index contributed by atoms with van der Waals surface area (Å²) in [6, 6.07) is 10.8. The summed E-state index contributed by atoms with van der Waals surface area (Å²) in [4.78, 5) is 0.0205. The van der Waals surface area contributed by atoms with Crippen molar-refractivity contribution in [2.75, 3.05) is 17.8 Å². The Hall–Kier alpha value is -1.86. The predicted molar refractivity (Wildman–Crippen MR) is 112 cm³/mol. The summed E-state index contributed by atoms with van der Waals surface area (Å²) in [5.74, 6) is 0.411. The van der Waals surface area contributed by atoms with Crippen LogP contribution in [0, 0.1) is 0 Å². The van der Waals surface area contributed by atoms with Gasteiger partial charge >= 0.3 is 0 Å². The second kappa shape index (κ2) is 7.52. The Labute approximate surface area is 168 Å². The van der Waals surface area contributed by atoms with E-state index in [1.807, 2.05) is 0 Å². The minimum Gasteiger partial charge on any atom is -0.377 e. The van der Waals surface area contributed by atoms with Crippen molar-refractivity contribution in [1.29, 1.82) is 0 Å². The molecule has 7 heteroatoms. The maximum absolute atomic E-state index is 12.3. The number of hydrogen-bond acceptors (Lipinski definition) is 5. The van der Waals surface area contributed by atoms with Crippen LogP contribution in [0.1, 0.15) is 55.3 Å². The standard InChI is InChI=1S/C21H27NO4S2/c1-14(2)16-9-8-15-6-5-7-19(18(15)12-16)22-20-11-10-17(27(3,23)24)13-21(20)28(4,25)26/h8-14,19,22H,5-7H2,1-4H3/t19-/m1/s1. The molecule has 0 spiro atoms. The molecule has 0 amide bonds. The second-order valence-corrected chi connectivity index (χ2v) is 11.9.